The third kappa shape index (κ3) is 4.48. The molecule has 0 aliphatic carbocycles. The smallest absolute Gasteiger partial charge is 0.237 e. The Morgan fingerprint density at radius 2 is 2.00 bits per heavy atom. The van der Waals surface area contributed by atoms with E-state index in [9.17, 15) is 4.79 Å². The third-order valence-electron chi connectivity index (χ3n) is 1.94. The minimum atomic E-state index is 0.0125. The molecule has 0 aromatic heterocycles. The van der Waals surface area contributed by atoms with E-state index >= 15 is 0 Å². The van der Waals surface area contributed by atoms with Crippen molar-refractivity contribution in [2.75, 3.05) is 33.1 Å². The number of amides is 1. The van der Waals surface area contributed by atoms with Gasteiger partial charge in [0, 0.05) is 19.1 Å². The molecule has 0 aromatic carbocycles. The lowest BCUT2D eigenvalue weighted by Crippen LogP contribution is -2.44. The van der Waals surface area contributed by atoms with Crippen LogP contribution >= 0.6 is 11.6 Å². The van der Waals surface area contributed by atoms with Crippen molar-refractivity contribution in [2.45, 2.75) is 19.9 Å². The van der Waals surface area contributed by atoms with E-state index in [0.717, 1.165) is 13.1 Å². The summed E-state index contributed by atoms with van der Waals surface area (Å²) in [6.45, 7) is 5.60. The first kappa shape index (κ1) is 12.7. The van der Waals surface area contributed by atoms with Crippen LogP contribution in [0, 0.1) is 0 Å². The van der Waals surface area contributed by atoms with Crippen LogP contribution in [0.4, 0.5) is 0 Å². The average molecular weight is 207 g/mol. The van der Waals surface area contributed by atoms with Crippen molar-refractivity contribution in [2.24, 2.45) is 0 Å². The fourth-order valence-corrected chi connectivity index (χ4v) is 1.59. The highest BCUT2D eigenvalue weighted by Gasteiger charge is 2.17. The Bertz CT molecular complexity index is 162. The van der Waals surface area contributed by atoms with Gasteiger partial charge < -0.3 is 9.80 Å². The van der Waals surface area contributed by atoms with Crippen LogP contribution in [0.25, 0.3) is 0 Å². The number of halogens is 1. The van der Waals surface area contributed by atoms with Crippen LogP contribution in [0.2, 0.25) is 0 Å². The Balaban J connectivity index is 4.14. The number of nitrogens with zero attached hydrogens (tertiary/aromatic N) is 2. The molecule has 0 spiro atoms. The monoisotopic (exact) mass is 206 g/mol. The standard InChI is InChI=1S/C9H19ClN2O/c1-5-12(9(13)6-10)8(2)7-11(3)4/h8H,5-7H2,1-4H3. The van der Waals surface area contributed by atoms with Crippen molar-refractivity contribution in [1.82, 2.24) is 9.80 Å². The molecule has 1 atom stereocenters. The van der Waals surface area contributed by atoms with E-state index in [0.29, 0.717) is 0 Å². The molecule has 0 aliphatic heterocycles. The van der Waals surface area contributed by atoms with Gasteiger partial charge in [-0.15, -0.1) is 11.6 Å². The maximum atomic E-state index is 11.3. The lowest BCUT2D eigenvalue weighted by Gasteiger charge is -2.29. The van der Waals surface area contributed by atoms with E-state index in [2.05, 4.69) is 4.90 Å². The molecule has 0 aliphatic rings. The zero-order valence-electron chi connectivity index (χ0n) is 8.88. The number of carbonyl (C=O) groups is 1. The number of likely N-dealkylation sites (N-methyl/N-ethyl adjacent to an activating group) is 2. The summed E-state index contributed by atoms with van der Waals surface area (Å²) >= 11 is 5.50. The van der Waals surface area contributed by atoms with Crippen LogP contribution in [0.15, 0.2) is 0 Å². The van der Waals surface area contributed by atoms with Crippen molar-refractivity contribution in [3.05, 3.63) is 0 Å². The number of hydrogen-bond acceptors (Lipinski definition) is 2. The van der Waals surface area contributed by atoms with Gasteiger partial charge in [0.1, 0.15) is 5.88 Å². The number of rotatable bonds is 5. The quantitative estimate of drug-likeness (QED) is 0.628. The fourth-order valence-electron chi connectivity index (χ4n) is 1.44. The summed E-state index contributed by atoms with van der Waals surface area (Å²) in [5.41, 5.74) is 0. The molecule has 0 fully saturated rings. The molecule has 0 radical (unpaired) electrons. The Morgan fingerprint density at radius 3 is 2.31 bits per heavy atom. The molecular weight excluding hydrogens is 188 g/mol. The second kappa shape index (κ2) is 6.22. The van der Waals surface area contributed by atoms with Gasteiger partial charge in [0.05, 0.1) is 0 Å². The molecule has 4 heteroatoms. The highest BCUT2D eigenvalue weighted by atomic mass is 35.5. The Hall–Kier alpha value is -0.280. The maximum Gasteiger partial charge on any atom is 0.237 e. The molecule has 13 heavy (non-hydrogen) atoms. The van der Waals surface area contributed by atoms with Crippen molar-refractivity contribution in [3.8, 4) is 0 Å². The van der Waals surface area contributed by atoms with Crippen LogP contribution in [-0.2, 0) is 4.79 Å². The van der Waals surface area contributed by atoms with Gasteiger partial charge in [0.2, 0.25) is 5.91 Å². The first-order valence-corrected chi connectivity index (χ1v) is 5.06. The van der Waals surface area contributed by atoms with E-state index in [1.165, 1.54) is 0 Å². The Morgan fingerprint density at radius 1 is 1.46 bits per heavy atom. The molecule has 0 saturated heterocycles. The summed E-state index contributed by atoms with van der Waals surface area (Å²) in [6, 6.07) is 0.228. The molecule has 0 aromatic rings. The minimum absolute atomic E-state index is 0.0125. The SMILES string of the molecule is CCN(C(=O)CCl)C(C)CN(C)C. The first-order chi connectivity index (χ1) is 6.02. The summed E-state index contributed by atoms with van der Waals surface area (Å²) in [4.78, 5) is 15.2. The average Bonchev–Trinajstić information content (AvgIpc) is 2.03. The fraction of sp³-hybridized carbons (Fsp3) is 0.889. The summed E-state index contributed by atoms with van der Waals surface area (Å²) in [5.74, 6) is 0.0875. The van der Waals surface area contributed by atoms with E-state index in [1.54, 1.807) is 4.90 Å². The molecule has 78 valence electrons. The molecule has 3 nitrogen and oxygen atoms in total. The molecule has 1 unspecified atom stereocenters. The van der Waals surface area contributed by atoms with Crippen LogP contribution < -0.4 is 0 Å². The normalized spacial score (nSPS) is 13.1. The summed E-state index contributed by atoms with van der Waals surface area (Å²) < 4.78 is 0. The molecule has 0 bridgehead atoms. The maximum absolute atomic E-state index is 11.3. The molecular formula is C9H19ClN2O. The van der Waals surface area contributed by atoms with Crippen LogP contribution in [0.3, 0.4) is 0 Å². The Labute approximate surface area is 85.6 Å². The predicted octanol–water partition coefficient (Wildman–Crippen LogP) is 1.02. The summed E-state index contributed by atoms with van der Waals surface area (Å²) in [7, 11) is 3.99. The van der Waals surface area contributed by atoms with Crippen molar-refractivity contribution < 1.29 is 4.79 Å². The van der Waals surface area contributed by atoms with Crippen LogP contribution in [-0.4, -0.2) is 54.8 Å². The second-order valence-corrected chi connectivity index (χ2v) is 3.69. The number of hydrogen-bond donors (Lipinski definition) is 0. The summed E-state index contributed by atoms with van der Waals surface area (Å²) in [6.07, 6.45) is 0. The van der Waals surface area contributed by atoms with Crippen LogP contribution in [0.5, 0.6) is 0 Å². The molecule has 0 rings (SSSR count). The lowest BCUT2D eigenvalue weighted by molar-refractivity contribution is -0.130. The van der Waals surface area contributed by atoms with Gasteiger partial charge in [-0.2, -0.15) is 0 Å². The zero-order chi connectivity index (χ0) is 10.4. The number of alkyl halides is 1. The van der Waals surface area contributed by atoms with Crippen molar-refractivity contribution in [3.63, 3.8) is 0 Å². The van der Waals surface area contributed by atoms with Gasteiger partial charge >= 0.3 is 0 Å². The van der Waals surface area contributed by atoms with Gasteiger partial charge in [-0.3, -0.25) is 4.79 Å². The Kier molecular flexibility index (Phi) is 6.08. The minimum Gasteiger partial charge on any atom is -0.338 e. The van der Waals surface area contributed by atoms with Gasteiger partial charge in [-0.25, -0.2) is 0 Å². The van der Waals surface area contributed by atoms with E-state index in [1.807, 2.05) is 27.9 Å². The summed E-state index contributed by atoms with van der Waals surface area (Å²) in [5, 5.41) is 0. The third-order valence-corrected chi connectivity index (χ3v) is 2.17. The van der Waals surface area contributed by atoms with E-state index in [-0.39, 0.29) is 17.8 Å². The van der Waals surface area contributed by atoms with Gasteiger partial charge in [0.15, 0.2) is 0 Å². The first-order valence-electron chi connectivity index (χ1n) is 4.53. The lowest BCUT2D eigenvalue weighted by atomic mass is 10.2. The van der Waals surface area contributed by atoms with Crippen molar-refractivity contribution in [1.29, 1.82) is 0 Å². The van der Waals surface area contributed by atoms with Crippen LogP contribution in [0.1, 0.15) is 13.8 Å². The zero-order valence-corrected chi connectivity index (χ0v) is 9.64. The second-order valence-electron chi connectivity index (χ2n) is 3.42. The molecule has 1 amide bonds. The van der Waals surface area contributed by atoms with Crippen molar-refractivity contribution >= 4 is 17.5 Å². The van der Waals surface area contributed by atoms with Gasteiger partial charge in [-0.1, -0.05) is 0 Å². The van der Waals surface area contributed by atoms with Gasteiger partial charge in [0.25, 0.3) is 0 Å². The highest BCUT2D eigenvalue weighted by molar-refractivity contribution is 6.27. The molecule has 0 heterocycles. The molecule has 0 N–H and O–H groups in total. The molecule has 0 saturated carbocycles. The van der Waals surface area contributed by atoms with E-state index < -0.39 is 0 Å². The largest absolute Gasteiger partial charge is 0.338 e. The number of carbonyl (C=O) groups excluding carboxylic acids is 1. The topological polar surface area (TPSA) is 23.6 Å². The highest BCUT2D eigenvalue weighted by Crippen LogP contribution is 2.01. The van der Waals surface area contributed by atoms with E-state index in [4.69, 9.17) is 11.6 Å². The predicted molar refractivity (Wildman–Crippen MR) is 56.1 cm³/mol. The van der Waals surface area contributed by atoms with Gasteiger partial charge in [-0.05, 0) is 27.9 Å².